The molecule has 0 radical (unpaired) electrons. The standard InChI is InChI=1S/C25H28ClN3O2/c1-3-29-18(2)17-22(30)23(25(29)31)24(19-9-11-20(26)12-10-19)28-15-13-27(14-16-28)21-7-5-4-6-8-21/h4-12,17,24,30H,3,13-16H2,1-2H3. The molecule has 1 fully saturated rings. The van der Waals surface area contributed by atoms with E-state index in [0.717, 1.165) is 37.4 Å². The van der Waals surface area contributed by atoms with Crippen LogP contribution in [0.25, 0.3) is 0 Å². The Hall–Kier alpha value is -2.76. The summed E-state index contributed by atoms with van der Waals surface area (Å²) in [5.74, 6) is 0.0534. The van der Waals surface area contributed by atoms with Gasteiger partial charge in [-0.15, -0.1) is 0 Å². The third-order valence-corrected chi connectivity index (χ3v) is 6.35. The van der Waals surface area contributed by atoms with Crippen molar-refractivity contribution in [1.82, 2.24) is 9.47 Å². The van der Waals surface area contributed by atoms with E-state index in [1.807, 2.05) is 44.2 Å². The van der Waals surface area contributed by atoms with Gasteiger partial charge in [0.05, 0.1) is 11.6 Å². The van der Waals surface area contributed by atoms with Crippen LogP contribution < -0.4 is 10.5 Å². The van der Waals surface area contributed by atoms with Gasteiger partial charge in [-0.3, -0.25) is 9.69 Å². The van der Waals surface area contributed by atoms with Crippen molar-refractivity contribution in [3.05, 3.63) is 92.9 Å². The summed E-state index contributed by atoms with van der Waals surface area (Å²) in [6, 6.07) is 19.3. The van der Waals surface area contributed by atoms with E-state index in [2.05, 4.69) is 34.1 Å². The fourth-order valence-electron chi connectivity index (χ4n) is 4.50. The van der Waals surface area contributed by atoms with Crippen molar-refractivity contribution in [2.45, 2.75) is 26.4 Å². The van der Waals surface area contributed by atoms with Crippen molar-refractivity contribution in [2.24, 2.45) is 0 Å². The molecule has 1 saturated heterocycles. The van der Waals surface area contributed by atoms with Gasteiger partial charge in [0.15, 0.2) is 0 Å². The fraction of sp³-hybridized carbons (Fsp3) is 0.320. The summed E-state index contributed by atoms with van der Waals surface area (Å²) in [5, 5.41) is 11.5. The molecule has 0 spiro atoms. The number of hydrogen-bond acceptors (Lipinski definition) is 4. The van der Waals surface area contributed by atoms with Crippen LogP contribution in [0.3, 0.4) is 0 Å². The van der Waals surface area contributed by atoms with E-state index in [1.165, 1.54) is 5.69 Å². The number of hydrogen-bond donors (Lipinski definition) is 1. The molecule has 0 aliphatic carbocycles. The number of nitrogens with zero attached hydrogens (tertiary/aromatic N) is 3. The van der Waals surface area contributed by atoms with Crippen LogP contribution in [0.5, 0.6) is 5.75 Å². The topological polar surface area (TPSA) is 48.7 Å². The summed E-state index contributed by atoms with van der Waals surface area (Å²) in [6.45, 7) is 7.62. The summed E-state index contributed by atoms with van der Waals surface area (Å²) in [6.07, 6.45) is 0. The summed E-state index contributed by atoms with van der Waals surface area (Å²) >= 11 is 6.13. The Morgan fingerprint density at radius 2 is 1.65 bits per heavy atom. The summed E-state index contributed by atoms with van der Waals surface area (Å²) in [5.41, 5.74) is 3.22. The second-order valence-corrected chi connectivity index (χ2v) is 8.38. The number of aryl methyl sites for hydroxylation is 1. The van der Waals surface area contributed by atoms with E-state index >= 15 is 0 Å². The van der Waals surface area contributed by atoms with Crippen LogP contribution in [-0.4, -0.2) is 40.8 Å². The Bertz CT molecular complexity index is 1090. The Morgan fingerprint density at radius 3 is 2.26 bits per heavy atom. The zero-order valence-corrected chi connectivity index (χ0v) is 18.7. The molecule has 2 heterocycles. The highest BCUT2D eigenvalue weighted by Gasteiger charge is 2.31. The maximum absolute atomic E-state index is 13.4. The van der Waals surface area contributed by atoms with Gasteiger partial charge < -0.3 is 14.6 Å². The van der Waals surface area contributed by atoms with Gasteiger partial charge in [0, 0.05) is 49.1 Å². The van der Waals surface area contributed by atoms with Crippen molar-refractivity contribution in [1.29, 1.82) is 0 Å². The van der Waals surface area contributed by atoms with Crippen LogP contribution in [0.15, 0.2) is 65.5 Å². The molecule has 1 unspecified atom stereocenters. The van der Waals surface area contributed by atoms with Gasteiger partial charge in [0.2, 0.25) is 0 Å². The van der Waals surface area contributed by atoms with Crippen LogP contribution in [0, 0.1) is 6.92 Å². The molecule has 2 aromatic carbocycles. The Kier molecular flexibility index (Phi) is 6.35. The number of aromatic hydroxyl groups is 1. The molecule has 4 rings (SSSR count). The molecule has 1 aromatic heterocycles. The predicted molar refractivity (Wildman–Crippen MR) is 126 cm³/mol. The van der Waals surface area contributed by atoms with Crippen LogP contribution in [-0.2, 0) is 6.54 Å². The van der Waals surface area contributed by atoms with Crippen molar-refractivity contribution in [2.75, 3.05) is 31.1 Å². The summed E-state index contributed by atoms with van der Waals surface area (Å²) in [4.78, 5) is 18.0. The predicted octanol–water partition coefficient (Wildman–Crippen LogP) is 4.45. The molecule has 3 aromatic rings. The molecular formula is C25H28ClN3O2. The first-order valence-corrected chi connectivity index (χ1v) is 11.1. The van der Waals surface area contributed by atoms with E-state index in [-0.39, 0.29) is 17.4 Å². The van der Waals surface area contributed by atoms with Crippen molar-refractivity contribution >= 4 is 17.3 Å². The lowest BCUT2D eigenvalue weighted by Gasteiger charge is -2.40. The minimum atomic E-state index is -0.332. The molecule has 31 heavy (non-hydrogen) atoms. The molecule has 0 bridgehead atoms. The van der Waals surface area contributed by atoms with E-state index in [9.17, 15) is 9.90 Å². The lowest BCUT2D eigenvalue weighted by molar-refractivity contribution is 0.207. The molecule has 1 aliphatic heterocycles. The van der Waals surface area contributed by atoms with Crippen molar-refractivity contribution in [3.63, 3.8) is 0 Å². The van der Waals surface area contributed by atoms with E-state index in [4.69, 9.17) is 11.6 Å². The highest BCUT2D eigenvalue weighted by molar-refractivity contribution is 6.30. The lowest BCUT2D eigenvalue weighted by atomic mass is 9.96. The van der Waals surface area contributed by atoms with Crippen LogP contribution in [0.2, 0.25) is 5.02 Å². The first-order valence-electron chi connectivity index (χ1n) is 10.7. The zero-order chi connectivity index (χ0) is 22.0. The molecule has 1 aliphatic rings. The molecular weight excluding hydrogens is 410 g/mol. The van der Waals surface area contributed by atoms with Gasteiger partial charge in [0.25, 0.3) is 5.56 Å². The minimum absolute atomic E-state index is 0.0534. The normalized spacial score (nSPS) is 15.8. The number of para-hydroxylation sites is 1. The SMILES string of the molecule is CCn1c(C)cc(O)c(C(c2ccc(Cl)cc2)N2CCN(c3ccccc3)CC2)c1=O. The first kappa shape index (κ1) is 21.5. The van der Waals surface area contributed by atoms with Crippen LogP contribution in [0.4, 0.5) is 5.69 Å². The number of pyridine rings is 1. The summed E-state index contributed by atoms with van der Waals surface area (Å²) in [7, 11) is 0. The average Bonchev–Trinajstić information content (AvgIpc) is 2.78. The molecule has 1 atom stereocenters. The number of rotatable bonds is 5. The van der Waals surface area contributed by atoms with Gasteiger partial charge in [-0.25, -0.2) is 0 Å². The van der Waals surface area contributed by atoms with Crippen molar-refractivity contribution < 1.29 is 5.11 Å². The first-order chi connectivity index (χ1) is 15.0. The van der Waals surface area contributed by atoms with Crippen molar-refractivity contribution in [3.8, 4) is 5.75 Å². The van der Waals surface area contributed by atoms with E-state index < -0.39 is 0 Å². The molecule has 1 N–H and O–H groups in total. The maximum atomic E-state index is 13.4. The van der Waals surface area contributed by atoms with Gasteiger partial charge >= 0.3 is 0 Å². The fourth-order valence-corrected chi connectivity index (χ4v) is 4.63. The number of anilines is 1. The Balaban J connectivity index is 1.72. The number of benzene rings is 2. The second kappa shape index (κ2) is 9.16. The molecule has 0 saturated carbocycles. The molecule has 6 heteroatoms. The third-order valence-electron chi connectivity index (χ3n) is 6.10. The Labute approximate surface area is 188 Å². The van der Waals surface area contributed by atoms with E-state index in [1.54, 1.807) is 10.6 Å². The second-order valence-electron chi connectivity index (χ2n) is 7.95. The van der Waals surface area contributed by atoms with Crippen LogP contribution >= 0.6 is 11.6 Å². The molecule has 0 amide bonds. The van der Waals surface area contributed by atoms with Gasteiger partial charge in [0.1, 0.15) is 5.75 Å². The third kappa shape index (κ3) is 4.34. The number of halogens is 1. The number of aromatic nitrogens is 1. The average molecular weight is 438 g/mol. The molecule has 162 valence electrons. The quantitative estimate of drug-likeness (QED) is 0.640. The lowest BCUT2D eigenvalue weighted by Crippen LogP contribution is -2.49. The van der Waals surface area contributed by atoms with Gasteiger partial charge in [-0.2, -0.15) is 0 Å². The Morgan fingerprint density at radius 1 is 1.00 bits per heavy atom. The maximum Gasteiger partial charge on any atom is 0.259 e. The van der Waals surface area contributed by atoms with Crippen LogP contribution in [0.1, 0.15) is 29.8 Å². The van der Waals surface area contributed by atoms with E-state index in [0.29, 0.717) is 17.1 Å². The number of piperazine rings is 1. The van der Waals surface area contributed by atoms with Gasteiger partial charge in [-0.05, 0) is 49.7 Å². The highest BCUT2D eigenvalue weighted by Crippen LogP contribution is 2.34. The molecule has 5 nitrogen and oxygen atoms in total. The highest BCUT2D eigenvalue weighted by atomic mass is 35.5. The van der Waals surface area contributed by atoms with Gasteiger partial charge in [-0.1, -0.05) is 41.9 Å². The zero-order valence-electron chi connectivity index (χ0n) is 18.0. The largest absolute Gasteiger partial charge is 0.507 e. The summed E-state index contributed by atoms with van der Waals surface area (Å²) < 4.78 is 1.72. The smallest absolute Gasteiger partial charge is 0.259 e. The monoisotopic (exact) mass is 437 g/mol. The minimum Gasteiger partial charge on any atom is -0.507 e.